The van der Waals surface area contributed by atoms with Crippen LogP contribution in [0.5, 0.6) is 0 Å². The molecule has 128 valence electrons. The fraction of sp³-hybridized carbons (Fsp3) is 0.467. The van der Waals surface area contributed by atoms with E-state index in [1.54, 1.807) is 18.3 Å². The summed E-state index contributed by atoms with van der Waals surface area (Å²) in [5.74, 6) is -0.437. The van der Waals surface area contributed by atoms with Crippen LogP contribution in [0.25, 0.3) is 10.2 Å². The Balaban J connectivity index is 1.84. The number of carbonyl (C=O) groups is 2. The maximum atomic E-state index is 12.4. The second kappa shape index (κ2) is 6.94. The number of thioether (sulfide) groups is 1. The van der Waals surface area contributed by atoms with E-state index in [2.05, 4.69) is 20.6 Å². The molecule has 0 radical (unpaired) electrons. The molecular formula is C15H18N4O3S2. The number of H-pyrrole nitrogens is 1. The highest BCUT2D eigenvalue weighted by atomic mass is 32.2. The van der Waals surface area contributed by atoms with Crippen molar-refractivity contribution in [1.29, 1.82) is 0 Å². The molecule has 2 aromatic heterocycles. The summed E-state index contributed by atoms with van der Waals surface area (Å²) in [7, 11) is 1.44. The summed E-state index contributed by atoms with van der Waals surface area (Å²) in [5.41, 5.74) is 0.984. The molecule has 24 heavy (non-hydrogen) atoms. The normalized spacial score (nSPS) is 14.9. The first-order valence-corrected chi connectivity index (χ1v) is 9.43. The quantitative estimate of drug-likeness (QED) is 0.568. The number of thiophene rings is 1. The van der Waals surface area contributed by atoms with Crippen molar-refractivity contribution in [2.24, 2.45) is 0 Å². The van der Waals surface area contributed by atoms with Gasteiger partial charge in [0.05, 0.1) is 10.6 Å². The summed E-state index contributed by atoms with van der Waals surface area (Å²) in [6.45, 7) is 1.66. The van der Waals surface area contributed by atoms with E-state index in [4.69, 9.17) is 0 Å². The number of aromatic amines is 1. The Labute approximate surface area is 146 Å². The van der Waals surface area contributed by atoms with Gasteiger partial charge in [-0.05, 0) is 38.2 Å². The highest BCUT2D eigenvalue weighted by molar-refractivity contribution is 8.00. The Morgan fingerprint density at radius 3 is 2.83 bits per heavy atom. The monoisotopic (exact) mass is 366 g/mol. The van der Waals surface area contributed by atoms with Gasteiger partial charge in [-0.3, -0.25) is 14.9 Å². The molecule has 3 N–H and O–H groups in total. The molecule has 1 aliphatic rings. The number of imide groups is 1. The topological polar surface area (TPSA) is 104 Å². The third-order valence-corrected chi connectivity index (χ3v) is 6.09. The maximum absolute atomic E-state index is 12.4. The van der Waals surface area contributed by atoms with E-state index >= 15 is 0 Å². The van der Waals surface area contributed by atoms with Crippen molar-refractivity contribution in [2.75, 3.05) is 7.05 Å². The lowest BCUT2D eigenvalue weighted by molar-refractivity contribution is -0.119. The Hall–Kier alpha value is -1.87. The lowest BCUT2D eigenvalue weighted by Gasteiger charge is -2.10. The van der Waals surface area contributed by atoms with Crippen molar-refractivity contribution >= 4 is 45.3 Å². The zero-order valence-electron chi connectivity index (χ0n) is 13.4. The minimum atomic E-state index is -0.560. The number of carbonyl (C=O) groups excluding carboxylic acids is 2. The molecular weight excluding hydrogens is 348 g/mol. The number of hydrogen-bond donors (Lipinski definition) is 3. The molecule has 0 aromatic carbocycles. The van der Waals surface area contributed by atoms with E-state index in [-0.39, 0.29) is 5.56 Å². The molecule has 9 heteroatoms. The van der Waals surface area contributed by atoms with Crippen LogP contribution in [0.1, 0.15) is 30.2 Å². The van der Waals surface area contributed by atoms with Crippen molar-refractivity contribution in [2.45, 2.75) is 43.0 Å². The SMILES string of the molecule is CNC(=O)NC(=O)C(C)Sc1nc2sc3c(c2c(=O)[nH]1)CCCC3. The Bertz CT molecular complexity index is 858. The number of fused-ring (bicyclic) bond motifs is 3. The molecule has 1 atom stereocenters. The number of aryl methyl sites for hydroxylation is 2. The first-order chi connectivity index (χ1) is 11.5. The van der Waals surface area contributed by atoms with Crippen LogP contribution >= 0.6 is 23.1 Å². The highest BCUT2D eigenvalue weighted by Gasteiger charge is 2.22. The molecule has 0 spiro atoms. The molecule has 3 rings (SSSR count). The van der Waals surface area contributed by atoms with Crippen LogP contribution in [0.2, 0.25) is 0 Å². The predicted octanol–water partition coefficient (Wildman–Crippen LogP) is 1.80. The number of amides is 3. The standard InChI is InChI=1S/C15H18N4O3S2/c1-7(11(20)17-14(22)16-2)23-15-18-12(21)10-8-5-3-4-6-9(8)24-13(10)19-15/h7H,3-6H2,1-2H3,(H,18,19,21)(H2,16,17,20,22). The number of nitrogens with zero attached hydrogens (tertiary/aromatic N) is 1. The van der Waals surface area contributed by atoms with Gasteiger partial charge >= 0.3 is 6.03 Å². The Morgan fingerprint density at radius 2 is 2.08 bits per heavy atom. The fourth-order valence-electron chi connectivity index (χ4n) is 2.70. The summed E-state index contributed by atoms with van der Waals surface area (Å²) in [6, 6.07) is -0.560. The highest BCUT2D eigenvalue weighted by Crippen LogP contribution is 2.34. The van der Waals surface area contributed by atoms with Gasteiger partial charge in [-0.15, -0.1) is 11.3 Å². The van der Waals surface area contributed by atoms with Crippen molar-refractivity contribution in [3.05, 3.63) is 20.8 Å². The van der Waals surface area contributed by atoms with Crippen molar-refractivity contribution in [3.8, 4) is 0 Å². The van der Waals surface area contributed by atoms with E-state index in [1.165, 1.54) is 11.9 Å². The number of urea groups is 1. The van der Waals surface area contributed by atoms with Gasteiger partial charge in [0.25, 0.3) is 5.56 Å². The number of hydrogen-bond acceptors (Lipinski definition) is 6. The Kier molecular flexibility index (Phi) is 4.91. The van der Waals surface area contributed by atoms with Crippen LogP contribution in [0.4, 0.5) is 4.79 Å². The van der Waals surface area contributed by atoms with Crippen LogP contribution in [-0.4, -0.2) is 34.2 Å². The van der Waals surface area contributed by atoms with Gasteiger partial charge in [-0.1, -0.05) is 11.8 Å². The molecule has 7 nitrogen and oxygen atoms in total. The van der Waals surface area contributed by atoms with Crippen molar-refractivity contribution < 1.29 is 9.59 Å². The summed E-state index contributed by atoms with van der Waals surface area (Å²) in [6.07, 6.45) is 4.18. The van der Waals surface area contributed by atoms with Gasteiger partial charge in [0.1, 0.15) is 4.83 Å². The van der Waals surface area contributed by atoms with Crippen LogP contribution in [-0.2, 0) is 17.6 Å². The first-order valence-electron chi connectivity index (χ1n) is 7.73. The van der Waals surface area contributed by atoms with Gasteiger partial charge in [0.15, 0.2) is 5.16 Å². The zero-order chi connectivity index (χ0) is 17.3. The average Bonchev–Trinajstić information content (AvgIpc) is 2.93. The molecule has 0 fully saturated rings. The molecule has 2 heterocycles. The fourth-order valence-corrected chi connectivity index (χ4v) is 4.81. The van der Waals surface area contributed by atoms with E-state index in [1.807, 2.05) is 0 Å². The molecule has 1 unspecified atom stereocenters. The molecule has 0 saturated carbocycles. The number of nitrogens with one attached hydrogen (secondary N) is 3. The second-order valence-electron chi connectivity index (χ2n) is 5.59. The van der Waals surface area contributed by atoms with Crippen molar-refractivity contribution in [1.82, 2.24) is 20.6 Å². The molecule has 0 saturated heterocycles. The second-order valence-corrected chi connectivity index (χ2v) is 8.00. The van der Waals surface area contributed by atoms with Crippen LogP contribution in [0.15, 0.2) is 9.95 Å². The van der Waals surface area contributed by atoms with Gasteiger partial charge < -0.3 is 10.3 Å². The van der Waals surface area contributed by atoms with Crippen LogP contribution in [0.3, 0.4) is 0 Å². The molecule has 0 aliphatic heterocycles. The van der Waals surface area contributed by atoms with Crippen molar-refractivity contribution in [3.63, 3.8) is 0 Å². The third-order valence-electron chi connectivity index (χ3n) is 3.92. The summed E-state index contributed by atoms with van der Waals surface area (Å²) in [5, 5.41) is 5.07. The molecule has 3 amide bonds. The molecule has 2 aromatic rings. The lowest BCUT2D eigenvalue weighted by Crippen LogP contribution is -2.41. The van der Waals surface area contributed by atoms with E-state index in [9.17, 15) is 14.4 Å². The Morgan fingerprint density at radius 1 is 1.33 bits per heavy atom. The maximum Gasteiger partial charge on any atom is 0.321 e. The first kappa shape index (κ1) is 17.0. The molecule has 0 bridgehead atoms. The summed E-state index contributed by atoms with van der Waals surface area (Å²) < 4.78 is 0. The lowest BCUT2D eigenvalue weighted by atomic mass is 9.97. The zero-order valence-corrected chi connectivity index (χ0v) is 15.0. The van der Waals surface area contributed by atoms with Gasteiger partial charge in [0.2, 0.25) is 5.91 Å². The number of rotatable bonds is 3. The van der Waals surface area contributed by atoms with Crippen LogP contribution < -0.4 is 16.2 Å². The summed E-state index contributed by atoms with van der Waals surface area (Å²) >= 11 is 2.70. The smallest absolute Gasteiger partial charge is 0.321 e. The minimum Gasteiger partial charge on any atom is -0.341 e. The summed E-state index contributed by atoms with van der Waals surface area (Å²) in [4.78, 5) is 44.8. The van der Waals surface area contributed by atoms with E-state index in [0.29, 0.717) is 10.5 Å². The van der Waals surface area contributed by atoms with Crippen LogP contribution in [0, 0.1) is 0 Å². The number of aromatic nitrogens is 2. The average molecular weight is 366 g/mol. The van der Waals surface area contributed by atoms with Gasteiger partial charge in [0, 0.05) is 11.9 Å². The van der Waals surface area contributed by atoms with Gasteiger partial charge in [-0.2, -0.15) is 0 Å². The molecule has 1 aliphatic carbocycles. The van der Waals surface area contributed by atoms with E-state index < -0.39 is 17.2 Å². The minimum absolute atomic E-state index is 0.152. The largest absolute Gasteiger partial charge is 0.341 e. The van der Waals surface area contributed by atoms with E-state index in [0.717, 1.165) is 47.8 Å². The van der Waals surface area contributed by atoms with Gasteiger partial charge in [-0.25, -0.2) is 9.78 Å². The third kappa shape index (κ3) is 3.32. The predicted molar refractivity (Wildman–Crippen MR) is 94.8 cm³/mol.